The Morgan fingerprint density at radius 2 is 1.93 bits per heavy atom. The highest BCUT2D eigenvalue weighted by atomic mass is 35.5. The number of rotatable bonds is 6. The molecule has 1 aliphatic rings. The molecular formula is C21H30Cl2N2O3. The first kappa shape index (κ1) is 22.8. The van der Waals surface area contributed by atoms with Gasteiger partial charge in [0.2, 0.25) is 5.91 Å². The van der Waals surface area contributed by atoms with Crippen LogP contribution in [0.3, 0.4) is 0 Å². The third-order valence-electron chi connectivity index (χ3n) is 5.04. The number of amides is 2. The number of ether oxygens (including phenoxy) is 1. The number of hydrogen-bond acceptors (Lipinski definition) is 3. The molecule has 2 rings (SSSR count). The molecule has 0 radical (unpaired) electrons. The fourth-order valence-electron chi connectivity index (χ4n) is 3.64. The van der Waals surface area contributed by atoms with Crippen LogP contribution >= 0.6 is 23.2 Å². The van der Waals surface area contributed by atoms with Crippen LogP contribution in [0.5, 0.6) is 0 Å². The third kappa shape index (κ3) is 6.85. The summed E-state index contributed by atoms with van der Waals surface area (Å²) in [4.78, 5) is 24.0. The van der Waals surface area contributed by atoms with Crippen molar-refractivity contribution in [1.29, 1.82) is 0 Å². The third-order valence-corrected chi connectivity index (χ3v) is 5.46. The summed E-state index contributed by atoms with van der Waals surface area (Å²) in [6.07, 6.45) is 3.22. The second kappa shape index (κ2) is 9.84. The Morgan fingerprint density at radius 3 is 2.50 bits per heavy atom. The van der Waals surface area contributed by atoms with E-state index in [0.29, 0.717) is 23.9 Å². The second-order valence-electron chi connectivity index (χ2n) is 8.43. The largest absolute Gasteiger partial charge is 0.444 e. The standard InChI is InChI=1S/C21H30Cl2N2O3/c1-20(2,3)28-19(27)24-14-21(15-5-4-6-16(23)13-15)10-7-17(8-11-21)25-18(26)9-12-22/h4-6,13,17H,7-12,14H2,1-3H3,(H,24,27)(H,25,26)/t17-,21-. The number of carbonyl (C=O) groups excluding carboxylic acids is 2. The first-order chi connectivity index (χ1) is 13.1. The maximum Gasteiger partial charge on any atom is 0.407 e. The van der Waals surface area contributed by atoms with Gasteiger partial charge in [-0.05, 0) is 64.2 Å². The summed E-state index contributed by atoms with van der Waals surface area (Å²) >= 11 is 11.9. The van der Waals surface area contributed by atoms with Gasteiger partial charge in [-0.15, -0.1) is 11.6 Å². The van der Waals surface area contributed by atoms with Gasteiger partial charge in [-0.1, -0.05) is 23.7 Å². The molecule has 1 aromatic carbocycles. The van der Waals surface area contributed by atoms with Gasteiger partial charge in [-0.25, -0.2) is 4.79 Å². The second-order valence-corrected chi connectivity index (χ2v) is 9.24. The Hall–Kier alpha value is -1.46. The molecule has 1 aliphatic carbocycles. The molecule has 7 heteroatoms. The Morgan fingerprint density at radius 1 is 1.25 bits per heavy atom. The molecule has 0 aliphatic heterocycles. The summed E-state index contributed by atoms with van der Waals surface area (Å²) in [6.45, 7) is 5.99. The van der Waals surface area contributed by atoms with E-state index in [1.54, 1.807) is 0 Å². The highest BCUT2D eigenvalue weighted by molar-refractivity contribution is 6.30. The lowest BCUT2D eigenvalue weighted by atomic mass is 9.68. The van der Waals surface area contributed by atoms with Gasteiger partial charge in [0.15, 0.2) is 0 Å². The summed E-state index contributed by atoms with van der Waals surface area (Å²) in [6, 6.07) is 7.92. The molecule has 0 atom stereocenters. The van der Waals surface area contributed by atoms with Crippen molar-refractivity contribution in [3.8, 4) is 0 Å². The average molecular weight is 429 g/mol. The number of hydrogen-bond donors (Lipinski definition) is 2. The fraction of sp³-hybridized carbons (Fsp3) is 0.619. The van der Waals surface area contributed by atoms with Gasteiger partial charge in [0, 0.05) is 35.3 Å². The van der Waals surface area contributed by atoms with E-state index < -0.39 is 11.7 Å². The zero-order valence-electron chi connectivity index (χ0n) is 16.8. The van der Waals surface area contributed by atoms with Crippen molar-refractivity contribution in [1.82, 2.24) is 10.6 Å². The van der Waals surface area contributed by atoms with Crippen molar-refractivity contribution in [2.75, 3.05) is 12.4 Å². The van der Waals surface area contributed by atoms with Gasteiger partial charge in [-0.3, -0.25) is 4.79 Å². The molecule has 0 aromatic heterocycles. The van der Waals surface area contributed by atoms with Crippen LogP contribution in [-0.2, 0) is 14.9 Å². The van der Waals surface area contributed by atoms with Gasteiger partial charge in [-0.2, -0.15) is 0 Å². The first-order valence-corrected chi connectivity index (χ1v) is 10.6. The molecule has 0 spiro atoms. The molecule has 1 aromatic rings. The van der Waals surface area contributed by atoms with E-state index in [1.807, 2.05) is 39.0 Å². The maximum atomic E-state index is 12.2. The lowest BCUT2D eigenvalue weighted by molar-refractivity contribution is -0.121. The minimum absolute atomic E-state index is 0.0119. The number of alkyl halides is 1. The number of benzene rings is 1. The molecule has 5 nitrogen and oxygen atoms in total. The van der Waals surface area contributed by atoms with E-state index in [2.05, 4.69) is 16.7 Å². The minimum Gasteiger partial charge on any atom is -0.444 e. The van der Waals surface area contributed by atoms with E-state index >= 15 is 0 Å². The topological polar surface area (TPSA) is 67.4 Å². The van der Waals surface area contributed by atoms with E-state index in [1.165, 1.54) is 0 Å². The van der Waals surface area contributed by atoms with E-state index in [9.17, 15) is 9.59 Å². The van der Waals surface area contributed by atoms with Crippen molar-refractivity contribution in [3.63, 3.8) is 0 Å². The lowest BCUT2D eigenvalue weighted by Crippen LogP contribution is -2.48. The van der Waals surface area contributed by atoms with E-state index in [4.69, 9.17) is 27.9 Å². The molecule has 0 saturated heterocycles. The molecule has 2 amide bonds. The smallest absolute Gasteiger partial charge is 0.407 e. The number of carbonyl (C=O) groups is 2. The monoisotopic (exact) mass is 428 g/mol. The van der Waals surface area contributed by atoms with Gasteiger partial charge in [0.05, 0.1) is 0 Å². The molecule has 0 unspecified atom stereocenters. The van der Waals surface area contributed by atoms with Crippen LogP contribution in [0.4, 0.5) is 4.79 Å². The van der Waals surface area contributed by atoms with Crippen LogP contribution < -0.4 is 10.6 Å². The Bertz CT molecular complexity index is 680. The van der Waals surface area contributed by atoms with Crippen LogP contribution in [-0.4, -0.2) is 36.1 Å². The molecule has 0 heterocycles. The summed E-state index contributed by atoms with van der Waals surface area (Å²) in [7, 11) is 0. The summed E-state index contributed by atoms with van der Waals surface area (Å²) in [5.41, 5.74) is 0.314. The molecule has 2 N–H and O–H groups in total. The molecule has 1 fully saturated rings. The van der Waals surface area contributed by atoms with Crippen LogP contribution in [0.15, 0.2) is 24.3 Å². The van der Waals surface area contributed by atoms with Crippen LogP contribution in [0.25, 0.3) is 0 Å². The zero-order chi connectivity index (χ0) is 20.8. The van der Waals surface area contributed by atoms with Crippen molar-refractivity contribution >= 4 is 35.2 Å². The molecule has 0 bridgehead atoms. The zero-order valence-corrected chi connectivity index (χ0v) is 18.3. The summed E-state index contributed by atoms with van der Waals surface area (Å²) in [5.74, 6) is 0.312. The van der Waals surface area contributed by atoms with Gasteiger partial charge in [0.1, 0.15) is 5.60 Å². The Kier molecular flexibility index (Phi) is 8.02. The van der Waals surface area contributed by atoms with E-state index in [-0.39, 0.29) is 17.4 Å². The summed E-state index contributed by atoms with van der Waals surface area (Å²) in [5, 5.41) is 6.66. The average Bonchev–Trinajstić information content (AvgIpc) is 2.60. The van der Waals surface area contributed by atoms with Crippen molar-refractivity contribution in [3.05, 3.63) is 34.9 Å². The lowest BCUT2D eigenvalue weighted by Gasteiger charge is -2.41. The van der Waals surface area contributed by atoms with E-state index in [0.717, 1.165) is 31.2 Å². The predicted octanol–water partition coefficient (Wildman–Crippen LogP) is 4.79. The predicted molar refractivity (Wildman–Crippen MR) is 113 cm³/mol. The van der Waals surface area contributed by atoms with Crippen molar-refractivity contribution < 1.29 is 14.3 Å². The fourth-order valence-corrected chi connectivity index (χ4v) is 4.00. The molecule has 156 valence electrons. The maximum absolute atomic E-state index is 12.2. The highest BCUT2D eigenvalue weighted by Gasteiger charge is 2.38. The van der Waals surface area contributed by atoms with Crippen LogP contribution in [0, 0.1) is 0 Å². The van der Waals surface area contributed by atoms with Gasteiger partial charge >= 0.3 is 6.09 Å². The Balaban J connectivity index is 2.09. The van der Waals surface area contributed by atoms with Crippen molar-refractivity contribution in [2.45, 2.75) is 69.9 Å². The van der Waals surface area contributed by atoms with Gasteiger partial charge < -0.3 is 15.4 Å². The molecule has 1 saturated carbocycles. The number of halogens is 2. The normalized spacial score (nSPS) is 22.4. The summed E-state index contributed by atoms with van der Waals surface area (Å²) < 4.78 is 5.39. The molecular weight excluding hydrogens is 399 g/mol. The minimum atomic E-state index is -0.544. The quantitative estimate of drug-likeness (QED) is 0.639. The van der Waals surface area contributed by atoms with Crippen LogP contribution in [0.1, 0.15) is 58.4 Å². The SMILES string of the molecule is CC(C)(C)OC(=O)NC[C@]1(c2cccc(Cl)c2)CC[C@H](NC(=O)CCCl)CC1. The van der Waals surface area contributed by atoms with Gasteiger partial charge in [0.25, 0.3) is 0 Å². The Labute approximate surface area is 177 Å². The molecule has 28 heavy (non-hydrogen) atoms. The van der Waals surface area contributed by atoms with Crippen LogP contribution in [0.2, 0.25) is 5.02 Å². The number of alkyl carbamates (subject to hydrolysis) is 1. The van der Waals surface area contributed by atoms with Crippen molar-refractivity contribution in [2.24, 2.45) is 0 Å². The first-order valence-electron chi connectivity index (χ1n) is 9.72. The number of nitrogens with one attached hydrogen (secondary N) is 2. The highest BCUT2D eigenvalue weighted by Crippen LogP contribution is 2.40.